The van der Waals surface area contributed by atoms with E-state index in [0.717, 1.165) is 12.1 Å². The van der Waals surface area contributed by atoms with Crippen LogP contribution in [-0.2, 0) is 11.2 Å². The molecule has 2 N–H and O–H groups in total. The fraction of sp³-hybridized carbons (Fsp3) is 0.467. The van der Waals surface area contributed by atoms with Gasteiger partial charge in [-0.05, 0) is 30.0 Å². The lowest BCUT2D eigenvalue weighted by molar-refractivity contribution is -0.140. The third kappa shape index (κ3) is 3.98. The number of hydrogen-bond donors (Lipinski definition) is 2. The van der Waals surface area contributed by atoms with E-state index >= 15 is 0 Å². The maximum atomic E-state index is 12.1. The van der Waals surface area contributed by atoms with Crippen LogP contribution in [0.4, 0.5) is 10.5 Å². The number of carbonyl (C=O) groups is 2. The lowest BCUT2D eigenvalue weighted by Gasteiger charge is -2.23. The van der Waals surface area contributed by atoms with Crippen LogP contribution in [0.15, 0.2) is 24.3 Å². The number of urea groups is 1. The minimum Gasteiger partial charge on any atom is -0.480 e. The number of nitrogens with one attached hydrogen (secondary N) is 1. The SMILES string of the molecule is CCc1ccc(N(C)C(=O)N[C@H](C(=O)O)C(C)C)cc1. The number of carboxylic acids is 1. The Balaban J connectivity index is 2.77. The first-order chi connectivity index (χ1) is 9.36. The molecule has 0 aromatic heterocycles. The van der Waals surface area contributed by atoms with Gasteiger partial charge in [0.15, 0.2) is 0 Å². The second-order valence-electron chi connectivity index (χ2n) is 5.09. The normalized spacial score (nSPS) is 12.1. The average molecular weight is 278 g/mol. The Morgan fingerprint density at radius 3 is 2.20 bits per heavy atom. The molecule has 1 aromatic rings. The molecule has 1 rings (SSSR count). The van der Waals surface area contributed by atoms with E-state index in [2.05, 4.69) is 12.2 Å². The van der Waals surface area contributed by atoms with Crippen molar-refractivity contribution in [3.8, 4) is 0 Å². The molecule has 110 valence electrons. The van der Waals surface area contributed by atoms with Crippen LogP contribution in [0.2, 0.25) is 0 Å². The van der Waals surface area contributed by atoms with Gasteiger partial charge in [0.05, 0.1) is 0 Å². The standard InChI is InChI=1S/C15H22N2O3/c1-5-11-6-8-12(9-7-11)17(4)15(20)16-13(10(2)3)14(18)19/h6-10,13H,5H2,1-4H3,(H,16,20)(H,18,19)/t13-/m0/s1. The third-order valence-corrected chi connectivity index (χ3v) is 3.25. The molecule has 0 fully saturated rings. The average Bonchev–Trinajstić information content (AvgIpc) is 2.43. The smallest absolute Gasteiger partial charge is 0.326 e. The van der Waals surface area contributed by atoms with E-state index in [0.29, 0.717) is 0 Å². The van der Waals surface area contributed by atoms with Gasteiger partial charge < -0.3 is 10.4 Å². The van der Waals surface area contributed by atoms with Crippen molar-refractivity contribution in [3.05, 3.63) is 29.8 Å². The molecule has 0 heterocycles. The van der Waals surface area contributed by atoms with Crippen molar-refractivity contribution in [2.24, 2.45) is 5.92 Å². The summed E-state index contributed by atoms with van der Waals surface area (Å²) in [6.45, 7) is 5.58. The quantitative estimate of drug-likeness (QED) is 0.869. The number of carbonyl (C=O) groups excluding carboxylic acids is 1. The van der Waals surface area contributed by atoms with Crippen molar-refractivity contribution in [2.75, 3.05) is 11.9 Å². The summed E-state index contributed by atoms with van der Waals surface area (Å²) >= 11 is 0. The summed E-state index contributed by atoms with van der Waals surface area (Å²) in [5.41, 5.74) is 1.92. The molecule has 5 heteroatoms. The second-order valence-corrected chi connectivity index (χ2v) is 5.09. The number of aliphatic carboxylic acids is 1. The molecule has 1 aromatic carbocycles. The highest BCUT2D eigenvalue weighted by atomic mass is 16.4. The van der Waals surface area contributed by atoms with E-state index in [4.69, 9.17) is 5.11 Å². The molecule has 0 unspecified atom stereocenters. The van der Waals surface area contributed by atoms with Gasteiger partial charge in [-0.25, -0.2) is 9.59 Å². The molecular formula is C15H22N2O3. The van der Waals surface area contributed by atoms with Gasteiger partial charge in [0, 0.05) is 12.7 Å². The Labute approximate surface area is 119 Å². The van der Waals surface area contributed by atoms with Crippen molar-refractivity contribution in [1.82, 2.24) is 5.32 Å². The number of carboxylic acid groups (broad SMARTS) is 1. The zero-order valence-corrected chi connectivity index (χ0v) is 12.4. The lowest BCUT2D eigenvalue weighted by atomic mass is 10.1. The van der Waals surface area contributed by atoms with Crippen molar-refractivity contribution >= 4 is 17.7 Å². The summed E-state index contributed by atoms with van der Waals surface area (Å²) in [5, 5.41) is 11.6. The number of amides is 2. The van der Waals surface area contributed by atoms with E-state index in [9.17, 15) is 9.59 Å². The summed E-state index contributed by atoms with van der Waals surface area (Å²) in [5.74, 6) is -1.20. The van der Waals surface area contributed by atoms with Gasteiger partial charge in [-0.3, -0.25) is 4.90 Å². The Kier molecular flexibility index (Phi) is 5.55. The Bertz CT molecular complexity index is 469. The van der Waals surface area contributed by atoms with Crippen LogP contribution in [0.1, 0.15) is 26.3 Å². The highest BCUT2D eigenvalue weighted by Crippen LogP contribution is 2.15. The van der Waals surface area contributed by atoms with Gasteiger partial charge in [-0.2, -0.15) is 0 Å². The molecule has 1 atom stereocenters. The summed E-state index contributed by atoms with van der Waals surface area (Å²) < 4.78 is 0. The number of rotatable bonds is 5. The molecule has 0 aliphatic rings. The predicted octanol–water partition coefficient (Wildman–Crippen LogP) is 2.50. The van der Waals surface area contributed by atoms with Crippen molar-refractivity contribution in [3.63, 3.8) is 0 Å². The minimum atomic E-state index is -1.02. The van der Waals surface area contributed by atoms with E-state index in [1.807, 2.05) is 24.3 Å². The molecule has 0 aliphatic carbocycles. The number of benzene rings is 1. The number of hydrogen-bond acceptors (Lipinski definition) is 2. The van der Waals surface area contributed by atoms with Crippen molar-refractivity contribution < 1.29 is 14.7 Å². The number of aryl methyl sites for hydroxylation is 1. The zero-order valence-electron chi connectivity index (χ0n) is 12.4. The van der Waals surface area contributed by atoms with E-state index in [-0.39, 0.29) is 5.92 Å². The van der Waals surface area contributed by atoms with Gasteiger partial charge in [0.25, 0.3) is 0 Å². The minimum absolute atomic E-state index is 0.174. The summed E-state index contributed by atoms with van der Waals surface area (Å²) in [6, 6.07) is 6.30. The van der Waals surface area contributed by atoms with Crippen LogP contribution in [0.25, 0.3) is 0 Å². The van der Waals surface area contributed by atoms with Gasteiger partial charge in [-0.15, -0.1) is 0 Å². The fourth-order valence-electron chi connectivity index (χ4n) is 1.82. The van der Waals surface area contributed by atoms with Gasteiger partial charge in [0.1, 0.15) is 6.04 Å². The van der Waals surface area contributed by atoms with Crippen LogP contribution in [-0.4, -0.2) is 30.2 Å². The fourth-order valence-corrected chi connectivity index (χ4v) is 1.82. The van der Waals surface area contributed by atoms with Crippen LogP contribution in [0.3, 0.4) is 0 Å². The monoisotopic (exact) mass is 278 g/mol. The topological polar surface area (TPSA) is 69.6 Å². The molecule has 0 aliphatic heterocycles. The van der Waals surface area contributed by atoms with Crippen molar-refractivity contribution in [1.29, 1.82) is 0 Å². The molecule has 20 heavy (non-hydrogen) atoms. The van der Waals surface area contributed by atoms with E-state index in [1.54, 1.807) is 20.9 Å². The third-order valence-electron chi connectivity index (χ3n) is 3.25. The second kappa shape index (κ2) is 6.93. The first-order valence-electron chi connectivity index (χ1n) is 6.72. The molecule has 2 amide bonds. The Hall–Kier alpha value is -2.04. The molecule has 0 spiro atoms. The zero-order chi connectivity index (χ0) is 15.3. The number of nitrogens with zero attached hydrogens (tertiary/aromatic N) is 1. The molecule has 0 bridgehead atoms. The largest absolute Gasteiger partial charge is 0.480 e. The van der Waals surface area contributed by atoms with E-state index in [1.165, 1.54) is 10.5 Å². The predicted molar refractivity (Wildman–Crippen MR) is 79.0 cm³/mol. The summed E-state index contributed by atoms with van der Waals surface area (Å²) in [6.07, 6.45) is 0.935. The molecule has 0 saturated heterocycles. The number of anilines is 1. The maximum Gasteiger partial charge on any atom is 0.326 e. The first-order valence-corrected chi connectivity index (χ1v) is 6.72. The summed E-state index contributed by atoms with van der Waals surface area (Å²) in [7, 11) is 1.62. The van der Waals surface area contributed by atoms with Crippen LogP contribution in [0, 0.1) is 5.92 Å². The Morgan fingerprint density at radius 2 is 1.80 bits per heavy atom. The highest BCUT2D eigenvalue weighted by Gasteiger charge is 2.25. The van der Waals surface area contributed by atoms with Gasteiger partial charge in [0.2, 0.25) is 0 Å². The maximum absolute atomic E-state index is 12.1. The Morgan fingerprint density at radius 1 is 1.25 bits per heavy atom. The first kappa shape index (κ1) is 16.0. The van der Waals surface area contributed by atoms with Gasteiger partial charge >= 0.3 is 12.0 Å². The van der Waals surface area contributed by atoms with Crippen LogP contribution in [0.5, 0.6) is 0 Å². The molecular weight excluding hydrogens is 256 g/mol. The summed E-state index contributed by atoms with van der Waals surface area (Å²) in [4.78, 5) is 24.6. The lowest BCUT2D eigenvalue weighted by Crippen LogP contribution is -2.49. The molecule has 5 nitrogen and oxygen atoms in total. The van der Waals surface area contributed by atoms with Crippen molar-refractivity contribution in [2.45, 2.75) is 33.2 Å². The van der Waals surface area contributed by atoms with Gasteiger partial charge in [-0.1, -0.05) is 32.9 Å². The highest BCUT2D eigenvalue weighted by molar-refractivity contribution is 5.94. The molecule has 0 radical (unpaired) electrons. The van der Waals surface area contributed by atoms with E-state index < -0.39 is 18.0 Å². The van der Waals surface area contributed by atoms with Crippen LogP contribution >= 0.6 is 0 Å². The van der Waals surface area contributed by atoms with Crippen LogP contribution < -0.4 is 10.2 Å². The molecule has 0 saturated carbocycles.